The summed E-state index contributed by atoms with van der Waals surface area (Å²) in [7, 11) is 2.09. The summed E-state index contributed by atoms with van der Waals surface area (Å²) in [6.07, 6.45) is 1.87. The summed E-state index contributed by atoms with van der Waals surface area (Å²) in [5.74, 6) is 0. The van der Waals surface area contributed by atoms with Crippen LogP contribution in [-0.2, 0) is 6.42 Å². The Balaban J connectivity index is 2.98. The molecule has 0 saturated heterocycles. The molecule has 3 heteroatoms. The van der Waals surface area contributed by atoms with Gasteiger partial charge in [0.05, 0.1) is 0 Å². The van der Waals surface area contributed by atoms with E-state index < -0.39 is 0 Å². The van der Waals surface area contributed by atoms with E-state index >= 15 is 0 Å². The number of rotatable bonds is 5. The quantitative estimate of drug-likeness (QED) is 0.857. The van der Waals surface area contributed by atoms with Crippen LogP contribution in [0.1, 0.15) is 25.8 Å². The zero-order valence-corrected chi connectivity index (χ0v) is 11.1. The Morgan fingerprint density at radius 2 is 2.06 bits per heavy atom. The molecule has 1 rings (SSSR count). The number of nitrogens with zero attached hydrogens (tertiary/aromatic N) is 1. The third kappa shape index (κ3) is 3.39. The summed E-state index contributed by atoms with van der Waals surface area (Å²) in [6, 6.07) is 6.24. The molecule has 1 aromatic carbocycles. The van der Waals surface area contributed by atoms with Gasteiger partial charge in [0.1, 0.15) is 0 Å². The number of hydrogen-bond acceptors (Lipinski definition) is 2. The molecule has 0 fully saturated rings. The minimum atomic E-state index is 0.211. The third-order valence-electron chi connectivity index (χ3n) is 2.93. The van der Waals surface area contributed by atoms with Gasteiger partial charge < -0.3 is 10.6 Å². The van der Waals surface area contributed by atoms with E-state index in [-0.39, 0.29) is 6.04 Å². The molecule has 0 amide bonds. The molecule has 2 N–H and O–H groups in total. The fraction of sp³-hybridized carbons (Fsp3) is 0.538. The molecule has 1 aromatic rings. The molecule has 0 radical (unpaired) electrons. The Bertz CT molecular complexity index is 339. The molecule has 0 heterocycles. The summed E-state index contributed by atoms with van der Waals surface area (Å²) in [5.41, 5.74) is 8.48. The summed E-state index contributed by atoms with van der Waals surface area (Å²) < 4.78 is 0. The highest BCUT2D eigenvalue weighted by Crippen LogP contribution is 2.24. The molecule has 2 nitrogen and oxygen atoms in total. The van der Waals surface area contributed by atoms with E-state index in [0.717, 1.165) is 24.4 Å². The first kappa shape index (κ1) is 13.3. The van der Waals surface area contributed by atoms with E-state index in [1.165, 1.54) is 11.3 Å². The number of nitrogens with two attached hydrogens (primary N) is 1. The maximum atomic E-state index is 6.03. The van der Waals surface area contributed by atoms with Gasteiger partial charge in [0.2, 0.25) is 0 Å². The zero-order chi connectivity index (χ0) is 12.1. The van der Waals surface area contributed by atoms with Gasteiger partial charge in [-0.3, -0.25) is 0 Å². The first-order chi connectivity index (χ1) is 7.58. The van der Waals surface area contributed by atoms with E-state index in [2.05, 4.69) is 31.9 Å². The molecule has 0 spiro atoms. The molecule has 0 aromatic heterocycles. The average molecular weight is 241 g/mol. The number of hydrogen-bond donors (Lipinski definition) is 1. The topological polar surface area (TPSA) is 29.3 Å². The lowest BCUT2D eigenvalue weighted by Crippen LogP contribution is -2.24. The van der Waals surface area contributed by atoms with Crippen molar-refractivity contribution < 1.29 is 0 Å². The van der Waals surface area contributed by atoms with Crippen molar-refractivity contribution in [1.82, 2.24) is 0 Å². The maximum absolute atomic E-state index is 6.03. The van der Waals surface area contributed by atoms with Crippen LogP contribution >= 0.6 is 11.6 Å². The SMILES string of the molecule is CCC(N)Cc1cc(Cl)ccc1N(C)CC. The van der Waals surface area contributed by atoms with Crippen LogP contribution in [0.15, 0.2) is 18.2 Å². The van der Waals surface area contributed by atoms with Crippen molar-refractivity contribution in [2.45, 2.75) is 32.7 Å². The van der Waals surface area contributed by atoms with Gasteiger partial charge in [0, 0.05) is 30.3 Å². The van der Waals surface area contributed by atoms with Crippen molar-refractivity contribution in [2.75, 3.05) is 18.5 Å². The third-order valence-corrected chi connectivity index (χ3v) is 3.17. The average Bonchev–Trinajstić information content (AvgIpc) is 2.28. The standard InChI is InChI=1S/C13H21ClN2/c1-4-12(15)9-10-8-11(14)6-7-13(10)16(3)5-2/h6-8,12H,4-5,9,15H2,1-3H3. The van der Waals surface area contributed by atoms with Gasteiger partial charge in [0.15, 0.2) is 0 Å². The highest BCUT2D eigenvalue weighted by molar-refractivity contribution is 6.30. The highest BCUT2D eigenvalue weighted by Gasteiger charge is 2.10. The van der Waals surface area contributed by atoms with Crippen LogP contribution in [-0.4, -0.2) is 19.6 Å². The van der Waals surface area contributed by atoms with E-state index in [1.54, 1.807) is 0 Å². The molecule has 90 valence electrons. The van der Waals surface area contributed by atoms with Crippen LogP contribution in [0.4, 0.5) is 5.69 Å². The van der Waals surface area contributed by atoms with Crippen LogP contribution in [0.25, 0.3) is 0 Å². The molecule has 1 unspecified atom stereocenters. The lowest BCUT2D eigenvalue weighted by atomic mass is 10.0. The second-order valence-electron chi connectivity index (χ2n) is 4.16. The van der Waals surface area contributed by atoms with Gasteiger partial charge in [-0.25, -0.2) is 0 Å². The summed E-state index contributed by atoms with van der Waals surface area (Å²) >= 11 is 6.03. The van der Waals surface area contributed by atoms with Crippen LogP contribution in [0, 0.1) is 0 Å². The van der Waals surface area contributed by atoms with Crippen molar-refractivity contribution in [2.24, 2.45) is 5.73 Å². The smallest absolute Gasteiger partial charge is 0.0410 e. The van der Waals surface area contributed by atoms with E-state index in [1.807, 2.05) is 12.1 Å². The van der Waals surface area contributed by atoms with Crippen molar-refractivity contribution >= 4 is 17.3 Å². The largest absolute Gasteiger partial charge is 0.375 e. The molecule has 0 bridgehead atoms. The fourth-order valence-corrected chi connectivity index (χ4v) is 1.88. The number of benzene rings is 1. The maximum Gasteiger partial charge on any atom is 0.0410 e. The molecular weight excluding hydrogens is 220 g/mol. The van der Waals surface area contributed by atoms with E-state index in [0.29, 0.717) is 0 Å². The molecule has 1 atom stereocenters. The number of anilines is 1. The van der Waals surface area contributed by atoms with Crippen molar-refractivity contribution in [3.05, 3.63) is 28.8 Å². The van der Waals surface area contributed by atoms with Gasteiger partial charge >= 0.3 is 0 Å². The van der Waals surface area contributed by atoms with Gasteiger partial charge in [-0.15, -0.1) is 0 Å². The van der Waals surface area contributed by atoms with Gasteiger partial charge in [-0.2, -0.15) is 0 Å². The molecule has 0 aliphatic carbocycles. The predicted molar refractivity (Wildman–Crippen MR) is 72.4 cm³/mol. The molecule has 16 heavy (non-hydrogen) atoms. The van der Waals surface area contributed by atoms with Gasteiger partial charge in [0.25, 0.3) is 0 Å². The van der Waals surface area contributed by atoms with Crippen LogP contribution in [0.2, 0.25) is 5.02 Å². The van der Waals surface area contributed by atoms with E-state index in [9.17, 15) is 0 Å². The monoisotopic (exact) mass is 240 g/mol. The molecular formula is C13H21ClN2. The Kier molecular flexibility index (Phi) is 5.10. The van der Waals surface area contributed by atoms with E-state index in [4.69, 9.17) is 17.3 Å². The van der Waals surface area contributed by atoms with Crippen molar-refractivity contribution in [1.29, 1.82) is 0 Å². The normalized spacial score (nSPS) is 12.6. The Hall–Kier alpha value is -0.730. The summed E-state index contributed by atoms with van der Waals surface area (Å²) in [5, 5.41) is 0.784. The highest BCUT2D eigenvalue weighted by atomic mass is 35.5. The number of halogens is 1. The first-order valence-corrected chi connectivity index (χ1v) is 6.21. The zero-order valence-electron chi connectivity index (χ0n) is 10.3. The Labute approximate surface area is 103 Å². The summed E-state index contributed by atoms with van der Waals surface area (Å²) in [6.45, 7) is 5.23. The lowest BCUT2D eigenvalue weighted by molar-refractivity contribution is 0.645. The second-order valence-corrected chi connectivity index (χ2v) is 4.60. The second kappa shape index (κ2) is 6.12. The van der Waals surface area contributed by atoms with Crippen LogP contribution in [0.5, 0.6) is 0 Å². The molecule has 0 saturated carbocycles. The molecule has 0 aliphatic heterocycles. The lowest BCUT2D eigenvalue weighted by Gasteiger charge is -2.22. The minimum absolute atomic E-state index is 0.211. The predicted octanol–water partition coefficient (Wildman–Crippen LogP) is 3.08. The van der Waals surface area contributed by atoms with Crippen molar-refractivity contribution in [3.8, 4) is 0 Å². The minimum Gasteiger partial charge on any atom is -0.375 e. The van der Waals surface area contributed by atoms with Crippen LogP contribution < -0.4 is 10.6 Å². The fourth-order valence-electron chi connectivity index (χ4n) is 1.69. The van der Waals surface area contributed by atoms with Gasteiger partial charge in [-0.05, 0) is 43.5 Å². The Morgan fingerprint density at radius 3 is 2.62 bits per heavy atom. The Morgan fingerprint density at radius 1 is 1.38 bits per heavy atom. The summed E-state index contributed by atoms with van der Waals surface area (Å²) in [4.78, 5) is 2.22. The van der Waals surface area contributed by atoms with Crippen molar-refractivity contribution in [3.63, 3.8) is 0 Å². The van der Waals surface area contributed by atoms with Crippen LogP contribution in [0.3, 0.4) is 0 Å². The van der Waals surface area contributed by atoms with Gasteiger partial charge in [-0.1, -0.05) is 18.5 Å². The first-order valence-electron chi connectivity index (χ1n) is 5.83. The molecule has 0 aliphatic rings.